The predicted octanol–water partition coefficient (Wildman–Crippen LogP) is 2.64. The average molecular weight is 214 g/mol. The summed E-state index contributed by atoms with van der Waals surface area (Å²) in [6.45, 7) is 4.57. The third-order valence-electron chi connectivity index (χ3n) is 2.06. The van der Waals surface area contributed by atoms with Gasteiger partial charge in [0.25, 0.3) is 0 Å². The summed E-state index contributed by atoms with van der Waals surface area (Å²) >= 11 is 0. The first kappa shape index (κ1) is 11.8. The highest BCUT2D eigenvalue weighted by molar-refractivity contribution is 5.55. The van der Waals surface area contributed by atoms with Crippen LogP contribution >= 0.6 is 0 Å². The number of benzene rings is 1. The van der Waals surface area contributed by atoms with Crippen LogP contribution in [0.15, 0.2) is 12.1 Å². The molecule has 2 nitrogen and oxygen atoms in total. The third kappa shape index (κ3) is 2.81. The third-order valence-corrected chi connectivity index (χ3v) is 2.06. The van der Waals surface area contributed by atoms with Crippen LogP contribution in [0.25, 0.3) is 0 Å². The first-order chi connectivity index (χ1) is 6.91. The van der Waals surface area contributed by atoms with Crippen LogP contribution in [-0.2, 0) is 0 Å². The van der Waals surface area contributed by atoms with Gasteiger partial charge in [-0.05, 0) is 18.1 Å². The Morgan fingerprint density at radius 1 is 1.27 bits per heavy atom. The first-order valence-electron chi connectivity index (χ1n) is 4.87. The van der Waals surface area contributed by atoms with Gasteiger partial charge in [0.05, 0.1) is 0 Å². The molecule has 0 unspecified atom stereocenters. The van der Waals surface area contributed by atoms with Crippen molar-refractivity contribution < 1.29 is 8.78 Å². The molecule has 0 amide bonds. The summed E-state index contributed by atoms with van der Waals surface area (Å²) in [6.07, 6.45) is 0. The van der Waals surface area contributed by atoms with E-state index in [0.29, 0.717) is 12.5 Å². The van der Waals surface area contributed by atoms with Crippen LogP contribution < -0.4 is 10.6 Å². The number of halogens is 2. The fourth-order valence-electron chi connectivity index (χ4n) is 1.59. The molecule has 0 aliphatic heterocycles. The zero-order valence-electron chi connectivity index (χ0n) is 9.22. The summed E-state index contributed by atoms with van der Waals surface area (Å²) in [5, 5.41) is 0. The number of rotatable bonds is 3. The summed E-state index contributed by atoms with van der Waals surface area (Å²) in [4.78, 5) is 1.56. The minimum atomic E-state index is -0.615. The van der Waals surface area contributed by atoms with Crippen LogP contribution in [-0.4, -0.2) is 13.6 Å². The molecule has 1 aromatic carbocycles. The molecule has 2 N–H and O–H groups in total. The zero-order valence-corrected chi connectivity index (χ0v) is 9.22. The van der Waals surface area contributed by atoms with E-state index in [-0.39, 0.29) is 11.4 Å². The Bertz CT molecular complexity index is 327. The van der Waals surface area contributed by atoms with E-state index in [1.54, 1.807) is 11.9 Å². The van der Waals surface area contributed by atoms with E-state index in [1.807, 2.05) is 13.8 Å². The van der Waals surface area contributed by atoms with E-state index in [9.17, 15) is 8.78 Å². The van der Waals surface area contributed by atoms with Crippen molar-refractivity contribution in [2.45, 2.75) is 13.8 Å². The van der Waals surface area contributed by atoms with Crippen LogP contribution in [0, 0.1) is 17.6 Å². The van der Waals surface area contributed by atoms with Crippen molar-refractivity contribution in [3.8, 4) is 0 Å². The van der Waals surface area contributed by atoms with Gasteiger partial charge in [-0.15, -0.1) is 0 Å². The van der Waals surface area contributed by atoms with Gasteiger partial charge in [-0.25, -0.2) is 8.78 Å². The number of nitrogens with zero attached hydrogens (tertiary/aromatic N) is 1. The van der Waals surface area contributed by atoms with Gasteiger partial charge in [0, 0.05) is 19.3 Å². The maximum atomic E-state index is 13.5. The van der Waals surface area contributed by atoms with Crippen LogP contribution in [0.2, 0.25) is 0 Å². The van der Waals surface area contributed by atoms with Gasteiger partial charge < -0.3 is 10.6 Å². The molecular weight excluding hydrogens is 198 g/mol. The molecule has 0 fully saturated rings. The lowest BCUT2D eigenvalue weighted by atomic mass is 10.2. The topological polar surface area (TPSA) is 29.3 Å². The van der Waals surface area contributed by atoms with E-state index in [4.69, 9.17) is 5.73 Å². The van der Waals surface area contributed by atoms with Gasteiger partial charge in [0.2, 0.25) is 0 Å². The smallest absolute Gasteiger partial charge is 0.151 e. The monoisotopic (exact) mass is 214 g/mol. The van der Waals surface area contributed by atoms with Crippen LogP contribution in [0.1, 0.15) is 13.8 Å². The molecule has 1 rings (SSSR count). The molecule has 0 radical (unpaired) electrons. The molecule has 0 aromatic heterocycles. The molecule has 0 saturated carbocycles. The van der Waals surface area contributed by atoms with E-state index in [2.05, 4.69) is 0 Å². The Labute approximate surface area is 88.7 Å². The second-order valence-electron chi connectivity index (χ2n) is 4.11. The Kier molecular flexibility index (Phi) is 3.50. The minimum Gasteiger partial charge on any atom is -0.399 e. The normalized spacial score (nSPS) is 10.8. The highest BCUT2D eigenvalue weighted by Gasteiger charge is 2.15. The summed E-state index contributed by atoms with van der Waals surface area (Å²) < 4.78 is 26.9. The second kappa shape index (κ2) is 4.47. The average Bonchev–Trinajstić information content (AvgIpc) is 1.99. The molecule has 0 heterocycles. The molecule has 0 bridgehead atoms. The van der Waals surface area contributed by atoms with Crippen molar-refractivity contribution in [1.82, 2.24) is 0 Å². The maximum Gasteiger partial charge on any atom is 0.151 e. The highest BCUT2D eigenvalue weighted by Crippen LogP contribution is 2.25. The van der Waals surface area contributed by atoms with Gasteiger partial charge in [0.15, 0.2) is 11.6 Å². The quantitative estimate of drug-likeness (QED) is 0.784. The van der Waals surface area contributed by atoms with Gasteiger partial charge >= 0.3 is 0 Å². The van der Waals surface area contributed by atoms with E-state index in [0.717, 1.165) is 12.1 Å². The fourth-order valence-corrected chi connectivity index (χ4v) is 1.59. The molecule has 0 spiro atoms. The standard InChI is InChI=1S/C11H16F2N2/c1-7(2)6-15(3)11-9(12)4-8(14)5-10(11)13/h4-5,7H,6,14H2,1-3H3. The summed E-state index contributed by atoms with van der Waals surface area (Å²) in [7, 11) is 1.66. The number of hydrogen-bond donors (Lipinski definition) is 1. The van der Waals surface area contributed by atoms with Gasteiger partial charge in [0.1, 0.15) is 5.69 Å². The lowest BCUT2D eigenvalue weighted by molar-refractivity contribution is 0.562. The SMILES string of the molecule is CC(C)CN(C)c1c(F)cc(N)cc1F. The van der Waals surface area contributed by atoms with E-state index < -0.39 is 11.6 Å². The molecule has 0 atom stereocenters. The second-order valence-corrected chi connectivity index (χ2v) is 4.11. The van der Waals surface area contributed by atoms with E-state index >= 15 is 0 Å². The van der Waals surface area contributed by atoms with Crippen molar-refractivity contribution in [1.29, 1.82) is 0 Å². The molecule has 1 aromatic rings. The molecule has 0 saturated heterocycles. The van der Waals surface area contributed by atoms with Crippen LogP contribution in [0.4, 0.5) is 20.2 Å². The molecular formula is C11H16F2N2. The Hall–Kier alpha value is -1.32. The lowest BCUT2D eigenvalue weighted by Gasteiger charge is -2.22. The summed E-state index contributed by atoms with van der Waals surface area (Å²) in [6, 6.07) is 2.27. The summed E-state index contributed by atoms with van der Waals surface area (Å²) in [5.41, 5.74) is 5.42. The number of nitrogens with two attached hydrogens (primary N) is 1. The summed E-state index contributed by atoms with van der Waals surface area (Å²) in [5.74, 6) is -0.891. The van der Waals surface area contributed by atoms with Crippen molar-refractivity contribution in [3.05, 3.63) is 23.8 Å². The molecule has 0 aliphatic rings. The van der Waals surface area contributed by atoms with Crippen molar-refractivity contribution in [3.63, 3.8) is 0 Å². The van der Waals surface area contributed by atoms with Gasteiger partial charge in [-0.2, -0.15) is 0 Å². The predicted molar refractivity (Wildman–Crippen MR) is 58.9 cm³/mol. The zero-order chi connectivity index (χ0) is 11.6. The number of nitrogen functional groups attached to an aromatic ring is 1. The van der Waals surface area contributed by atoms with Crippen molar-refractivity contribution in [2.24, 2.45) is 5.92 Å². The van der Waals surface area contributed by atoms with E-state index in [1.165, 1.54) is 0 Å². The maximum absolute atomic E-state index is 13.5. The molecule has 15 heavy (non-hydrogen) atoms. The number of hydrogen-bond acceptors (Lipinski definition) is 2. The highest BCUT2D eigenvalue weighted by atomic mass is 19.1. The van der Waals surface area contributed by atoms with Gasteiger partial charge in [-0.3, -0.25) is 0 Å². The fraction of sp³-hybridized carbons (Fsp3) is 0.455. The molecule has 0 aliphatic carbocycles. The first-order valence-corrected chi connectivity index (χ1v) is 4.87. The van der Waals surface area contributed by atoms with Gasteiger partial charge in [-0.1, -0.05) is 13.8 Å². The lowest BCUT2D eigenvalue weighted by Crippen LogP contribution is -2.24. The number of anilines is 2. The Balaban J connectivity index is 3.03. The van der Waals surface area contributed by atoms with Crippen molar-refractivity contribution in [2.75, 3.05) is 24.2 Å². The van der Waals surface area contributed by atoms with Crippen LogP contribution in [0.3, 0.4) is 0 Å². The Morgan fingerprint density at radius 3 is 2.13 bits per heavy atom. The van der Waals surface area contributed by atoms with Crippen LogP contribution in [0.5, 0.6) is 0 Å². The molecule has 84 valence electrons. The van der Waals surface area contributed by atoms with Crippen molar-refractivity contribution >= 4 is 11.4 Å². The largest absolute Gasteiger partial charge is 0.399 e. The molecule has 4 heteroatoms. The Morgan fingerprint density at radius 2 is 1.73 bits per heavy atom. The minimum absolute atomic E-state index is 0.0158.